The maximum Gasteiger partial charge on any atom is 0.170 e. The molecule has 0 aliphatic carbocycles. The average Bonchev–Trinajstić information content (AvgIpc) is 3.12. The van der Waals surface area contributed by atoms with E-state index in [0.717, 1.165) is 37.6 Å². The van der Waals surface area contributed by atoms with E-state index in [4.69, 9.17) is 0 Å². The highest BCUT2D eigenvalue weighted by atomic mass is 16.3. The Bertz CT molecular complexity index is 909. The van der Waals surface area contributed by atoms with E-state index in [1.165, 1.54) is 5.56 Å². The normalized spacial score (nSPS) is 23.0. The molecule has 2 atom stereocenters. The predicted octanol–water partition coefficient (Wildman–Crippen LogP) is 3.35. The summed E-state index contributed by atoms with van der Waals surface area (Å²) in [4.78, 5) is 2.45. The highest BCUT2D eigenvalue weighted by Crippen LogP contribution is 2.37. The Labute approximate surface area is 166 Å². The lowest BCUT2D eigenvalue weighted by molar-refractivity contribution is -0.0784. The molecule has 0 unspecified atom stereocenters. The number of aliphatic hydroxyl groups is 1. The van der Waals surface area contributed by atoms with Gasteiger partial charge in [0.25, 0.3) is 0 Å². The van der Waals surface area contributed by atoms with Crippen molar-refractivity contribution in [2.24, 2.45) is 5.92 Å². The number of aromatic nitrogens is 3. The van der Waals surface area contributed by atoms with E-state index < -0.39 is 5.60 Å². The van der Waals surface area contributed by atoms with Crippen LogP contribution in [0, 0.1) is 12.8 Å². The van der Waals surface area contributed by atoms with Crippen LogP contribution in [0.5, 0.6) is 0 Å². The van der Waals surface area contributed by atoms with E-state index in [-0.39, 0.29) is 5.92 Å². The Morgan fingerprint density at radius 3 is 2.39 bits per heavy atom. The number of benzene rings is 2. The summed E-state index contributed by atoms with van der Waals surface area (Å²) >= 11 is 0. The van der Waals surface area contributed by atoms with Gasteiger partial charge in [-0.05, 0) is 37.5 Å². The van der Waals surface area contributed by atoms with E-state index >= 15 is 0 Å². The van der Waals surface area contributed by atoms with Gasteiger partial charge in [0.15, 0.2) is 5.82 Å². The van der Waals surface area contributed by atoms with E-state index in [9.17, 15) is 5.11 Å². The lowest BCUT2D eigenvalue weighted by Gasteiger charge is -2.42. The molecular weight excluding hydrogens is 348 g/mol. The standard InChI is InChI=1S/C23H28N4O/c1-18-17-26(15-13-20-9-5-3-6-10-20)16-14-23(18,28)22-25-24-19(2)27(22)21-11-7-4-8-12-21/h3-12,18,28H,13-17H2,1-2H3/t18-,23+/m0/s1. The molecule has 5 heteroatoms. The van der Waals surface area contributed by atoms with Gasteiger partial charge in [0.05, 0.1) is 0 Å². The third-order valence-corrected chi connectivity index (χ3v) is 5.94. The monoisotopic (exact) mass is 376 g/mol. The van der Waals surface area contributed by atoms with E-state index in [1.54, 1.807) is 0 Å². The Morgan fingerprint density at radius 2 is 1.71 bits per heavy atom. The molecule has 1 fully saturated rings. The molecule has 0 spiro atoms. The molecule has 1 N–H and O–H groups in total. The number of rotatable bonds is 5. The van der Waals surface area contributed by atoms with Gasteiger partial charge in [-0.2, -0.15) is 0 Å². The fourth-order valence-electron chi connectivity index (χ4n) is 4.20. The molecule has 3 aromatic rings. The van der Waals surface area contributed by atoms with E-state index in [2.05, 4.69) is 52.4 Å². The smallest absolute Gasteiger partial charge is 0.170 e. The zero-order chi connectivity index (χ0) is 19.6. The molecule has 1 aromatic heterocycles. The van der Waals surface area contributed by atoms with Crippen molar-refractivity contribution in [2.45, 2.75) is 32.3 Å². The summed E-state index contributed by atoms with van der Waals surface area (Å²) < 4.78 is 2.00. The van der Waals surface area contributed by atoms with Crippen molar-refractivity contribution in [1.82, 2.24) is 19.7 Å². The molecule has 146 valence electrons. The van der Waals surface area contributed by atoms with Gasteiger partial charge in [-0.1, -0.05) is 55.5 Å². The van der Waals surface area contributed by atoms with Crippen LogP contribution in [0.2, 0.25) is 0 Å². The number of piperidine rings is 1. The Balaban J connectivity index is 1.51. The van der Waals surface area contributed by atoms with Crippen LogP contribution >= 0.6 is 0 Å². The summed E-state index contributed by atoms with van der Waals surface area (Å²) in [7, 11) is 0. The second kappa shape index (κ2) is 7.86. The van der Waals surface area contributed by atoms with Gasteiger partial charge in [0, 0.05) is 31.2 Å². The van der Waals surface area contributed by atoms with Gasteiger partial charge >= 0.3 is 0 Å². The van der Waals surface area contributed by atoms with Gasteiger partial charge in [-0.25, -0.2) is 0 Å². The van der Waals surface area contributed by atoms with Gasteiger partial charge in [-0.15, -0.1) is 10.2 Å². The molecule has 4 rings (SSSR count). The first-order valence-corrected chi connectivity index (χ1v) is 10.0. The van der Waals surface area contributed by atoms with Crippen molar-refractivity contribution in [2.75, 3.05) is 19.6 Å². The van der Waals surface area contributed by atoms with Crippen LogP contribution in [0.3, 0.4) is 0 Å². The largest absolute Gasteiger partial charge is 0.381 e. The van der Waals surface area contributed by atoms with Crippen molar-refractivity contribution in [3.63, 3.8) is 0 Å². The summed E-state index contributed by atoms with van der Waals surface area (Å²) in [5, 5.41) is 20.3. The first kappa shape index (κ1) is 18.8. The summed E-state index contributed by atoms with van der Waals surface area (Å²) in [6, 6.07) is 20.6. The SMILES string of the molecule is Cc1nnc([C@@]2(O)CCN(CCc3ccccc3)C[C@@H]2C)n1-c1ccccc1. The van der Waals surface area contributed by atoms with Gasteiger partial charge in [0.2, 0.25) is 0 Å². The molecular formula is C23H28N4O. The molecule has 1 aliphatic rings. The van der Waals surface area contributed by atoms with Crippen LogP contribution in [0.4, 0.5) is 0 Å². The minimum absolute atomic E-state index is 0.0723. The molecule has 2 heterocycles. The number of hydrogen-bond acceptors (Lipinski definition) is 4. The molecule has 2 aromatic carbocycles. The molecule has 0 radical (unpaired) electrons. The van der Waals surface area contributed by atoms with E-state index in [1.807, 2.05) is 41.8 Å². The number of aryl methyl sites for hydroxylation is 1. The summed E-state index contributed by atoms with van der Waals surface area (Å²) in [6.07, 6.45) is 1.69. The number of para-hydroxylation sites is 1. The Kier molecular flexibility index (Phi) is 5.29. The third kappa shape index (κ3) is 3.60. The second-order valence-electron chi connectivity index (χ2n) is 7.85. The zero-order valence-corrected chi connectivity index (χ0v) is 16.6. The molecule has 0 saturated carbocycles. The maximum absolute atomic E-state index is 11.6. The lowest BCUT2D eigenvalue weighted by Crippen LogP contribution is -2.50. The highest BCUT2D eigenvalue weighted by molar-refractivity contribution is 5.35. The first-order valence-electron chi connectivity index (χ1n) is 10.0. The molecule has 28 heavy (non-hydrogen) atoms. The quantitative estimate of drug-likeness (QED) is 0.742. The van der Waals surface area contributed by atoms with Gasteiger partial charge < -0.3 is 10.0 Å². The van der Waals surface area contributed by atoms with Gasteiger partial charge in [-0.3, -0.25) is 4.57 Å². The van der Waals surface area contributed by atoms with Crippen molar-refractivity contribution in [3.8, 4) is 5.69 Å². The van der Waals surface area contributed by atoms with Crippen molar-refractivity contribution >= 4 is 0 Å². The summed E-state index contributed by atoms with van der Waals surface area (Å²) in [6.45, 7) is 6.77. The highest BCUT2D eigenvalue weighted by Gasteiger charge is 2.44. The Morgan fingerprint density at radius 1 is 1.04 bits per heavy atom. The van der Waals surface area contributed by atoms with Gasteiger partial charge in [0.1, 0.15) is 11.4 Å². The molecule has 1 aliphatic heterocycles. The van der Waals surface area contributed by atoms with Crippen LogP contribution in [0.15, 0.2) is 60.7 Å². The molecule has 0 bridgehead atoms. The van der Waals surface area contributed by atoms with E-state index in [0.29, 0.717) is 12.2 Å². The summed E-state index contributed by atoms with van der Waals surface area (Å²) in [5.41, 5.74) is 1.38. The Hall–Kier alpha value is -2.50. The third-order valence-electron chi connectivity index (χ3n) is 5.94. The zero-order valence-electron chi connectivity index (χ0n) is 16.6. The van der Waals surface area contributed by atoms with Crippen molar-refractivity contribution in [3.05, 3.63) is 77.9 Å². The minimum Gasteiger partial charge on any atom is -0.381 e. The van der Waals surface area contributed by atoms with Crippen LogP contribution < -0.4 is 0 Å². The molecule has 5 nitrogen and oxygen atoms in total. The van der Waals surface area contributed by atoms with Crippen LogP contribution in [0.1, 0.15) is 30.6 Å². The lowest BCUT2D eigenvalue weighted by atomic mass is 9.81. The molecule has 1 saturated heterocycles. The average molecular weight is 377 g/mol. The van der Waals surface area contributed by atoms with Crippen molar-refractivity contribution in [1.29, 1.82) is 0 Å². The topological polar surface area (TPSA) is 54.2 Å². The number of nitrogens with zero attached hydrogens (tertiary/aromatic N) is 4. The number of hydrogen-bond donors (Lipinski definition) is 1. The van der Waals surface area contributed by atoms with Crippen LogP contribution in [0.25, 0.3) is 5.69 Å². The van der Waals surface area contributed by atoms with Crippen LogP contribution in [-0.4, -0.2) is 44.4 Å². The minimum atomic E-state index is -0.972. The molecule has 0 amide bonds. The second-order valence-corrected chi connectivity index (χ2v) is 7.85. The maximum atomic E-state index is 11.6. The first-order chi connectivity index (χ1) is 13.6. The predicted molar refractivity (Wildman–Crippen MR) is 110 cm³/mol. The number of likely N-dealkylation sites (tertiary alicyclic amines) is 1. The van der Waals surface area contributed by atoms with Crippen molar-refractivity contribution < 1.29 is 5.11 Å². The fourth-order valence-corrected chi connectivity index (χ4v) is 4.20. The van der Waals surface area contributed by atoms with Crippen LogP contribution in [-0.2, 0) is 12.0 Å². The summed E-state index contributed by atoms with van der Waals surface area (Å²) in [5.74, 6) is 1.53. The fraction of sp³-hybridized carbons (Fsp3) is 0.391.